The third-order valence-electron chi connectivity index (χ3n) is 2.65. The molecule has 0 atom stereocenters. The molecule has 0 aliphatic carbocycles. The van der Waals surface area contributed by atoms with E-state index in [9.17, 15) is 10.1 Å². The minimum Gasteiger partial charge on any atom is -0.383 e. The molecule has 0 fully saturated rings. The average Bonchev–Trinajstić information content (AvgIpc) is 2.46. The first-order valence-corrected chi connectivity index (χ1v) is 6.05. The Hall–Kier alpha value is -2.00. The van der Waals surface area contributed by atoms with E-state index in [-0.39, 0.29) is 17.3 Å². The molecule has 1 rings (SSSR count). The van der Waals surface area contributed by atoms with Crippen LogP contribution in [0.15, 0.2) is 6.33 Å². The number of anilines is 2. The molecule has 1 N–H and O–H groups in total. The highest BCUT2D eigenvalue weighted by atomic mass is 16.6. The van der Waals surface area contributed by atoms with Crippen LogP contribution >= 0.6 is 0 Å². The van der Waals surface area contributed by atoms with E-state index in [1.54, 1.807) is 26.2 Å². The molecule has 0 aliphatic rings. The van der Waals surface area contributed by atoms with Crippen molar-refractivity contribution < 1.29 is 14.4 Å². The SMILES string of the molecule is CNc1ncnc(N(CCOC)CCOC)c1[N+](=O)[O-]. The smallest absolute Gasteiger partial charge is 0.353 e. The Bertz CT molecular complexity index is 435. The van der Waals surface area contributed by atoms with Gasteiger partial charge < -0.3 is 19.7 Å². The maximum atomic E-state index is 11.2. The van der Waals surface area contributed by atoms with Crippen LogP contribution in [0.2, 0.25) is 0 Å². The second-order valence-electron chi connectivity index (χ2n) is 3.87. The van der Waals surface area contributed by atoms with Crippen molar-refractivity contribution in [1.29, 1.82) is 0 Å². The van der Waals surface area contributed by atoms with E-state index >= 15 is 0 Å². The number of aromatic nitrogens is 2. The normalized spacial score (nSPS) is 10.3. The number of hydrogen-bond donors (Lipinski definition) is 1. The Morgan fingerprint density at radius 3 is 2.35 bits per heavy atom. The summed E-state index contributed by atoms with van der Waals surface area (Å²) in [6, 6.07) is 0. The fourth-order valence-electron chi connectivity index (χ4n) is 1.68. The zero-order valence-electron chi connectivity index (χ0n) is 11.8. The van der Waals surface area contributed by atoms with Crippen molar-refractivity contribution in [3.05, 3.63) is 16.4 Å². The molecule has 0 radical (unpaired) electrons. The summed E-state index contributed by atoms with van der Waals surface area (Å²) in [5, 5.41) is 14.0. The largest absolute Gasteiger partial charge is 0.383 e. The van der Waals surface area contributed by atoms with Gasteiger partial charge in [0.2, 0.25) is 11.6 Å². The summed E-state index contributed by atoms with van der Waals surface area (Å²) in [5.41, 5.74) is -0.151. The van der Waals surface area contributed by atoms with Gasteiger partial charge in [-0.2, -0.15) is 0 Å². The molecule has 1 aromatic rings. The van der Waals surface area contributed by atoms with Gasteiger partial charge in [-0.3, -0.25) is 10.1 Å². The highest BCUT2D eigenvalue weighted by molar-refractivity contribution is 5.70. The maximum Gasteiger partial charge on any atom is 0.353 e. The third-order valence-corrected chi connectivity index (χ3v) is 2.65. The van der Waals surface area contributed by atoms with Crippen LogP contribution in [0.25, 0.3) is 0 Å². The summed E-state index contributed by atoms with van der Waals surface area (Å²) >= 11 is 0. The summed E-state index contributed by atoms with van der Waals surface area (Å²) in [5.74, 6) is 0.434. The van der Waals surface area contributed by atoms with Gasteiger partial charge in [0.15, 0.2) is 0 Å². The van der Waals surface area contributed by atoms with Gasteiger partial charge in [-0.15, -0.1) is 0 Å². The molecule has 0 bridgehead atoms. The van der Waals surface area contributed by atoms with E-state index < -0.39 is 4.92 Å². The molecule has 9 nitrogen and oxygen atoms in total. The van der Waals surface area contributed by atoms with Gasteiger partial charge in [-0.05, 0) is 0 Å². The van der Waals surface area contributed by atoms with Gasteiger partial charge in [0.05, 0.1) is 18.1 Å². The predicted molar refractivity (Wildman–Crippen MR) is 74.2 cm³/mol. The molecule has 0 unspecified atom stereocenters. The molecule has 0 amide bonds. The highest BCUT2D eigenvalue weighted by Gasteiger charge is 2.26. The van der Waals surface area contributed by atoms with Crippen molar-refractivity contribution in [2.75, 3.05) is 57.8 Å². The van der Waals surface area contributed by atoms with Gasteiger partial charge in [-0.1, -0.05) is 0 Å². The van der Waals surface area contributed by atoms with Crippen LogP contribution in [0.5, 0.6) is 0 Å². The van der Waals surface area contributed by atoms with E-state index in [0.717, 1.165) is 0 Å². The Morgan fingerprint density at radius 2 is 1.90 bits per heavy atom. The van der Waals surface area contributed by atoms with Crippen molar-refractivity contribution >= 4 is 17.3 Å². The minimum atomic E-state index is -0.492. The number of rotatable bonds is 9. The van der Waals surface area contributed by atoms with Gasteiger partial charge in [0, 0.05) is 34.4 Å². The van der Waals surface area contributed by atoms with Crippen molar-refractivity contribution in [1.82, 2.24) is 9.97 Å². The molecule has 0 spiro atoms. The Morgan fingerprint density at radius 1 is 1.30 bits per heavy atom. The number of nitro groups is 1. The van der Waals surface area contributed by atoms with Gasteiger partial charge >= 0.3 is 5.69 Å². The minimum absolute atomic E-state index is 0.151. The standard InChI is InChI=1S/C11H19N5O4/c1-12-10-9(16(17)18)11(14-8-13-10)15(4-6-19-2)5-7-20-3/h8H,4-7H2,1-3H3,(H,12,13,14). The number of nitrogens with zero attached hydrogens (tertiary/aromatic N) is 4. The number of ether oxygens (including phenoxy) is 2. The average molecular weight is 285 g/mol. The van der Waals surface area contributed by atoms with Crippen LogP contribution in [-0.2, 0) is 9.47 Å². The van der Waals surface area contributed by atoms with Crippen LogP contribution in [0, 0.1) is 10.1 Å². The summed E-state index contributed by atoms with van der Waals surface area (Å²) in [6.07, 6.45) is 1.29. The topological polar surface area (TPSA) is 103 Å². The van der Waals surface area contributed by atoms with Gasteiger partial charge in [0.25, 0.3) is 0 Å². The van der Waals surface area contributed by atoms with E-state index in [1.165, 1.54) is 6.33 Å². The molecule has 1 heterocycles. The van der Waals surface area contributed by atoms with Gasteiger partial charge in [0.1, 0.15) is 6.33 Å². The van der Waals surface area contributed by atoms with Crippen molar-refractivity contribution in [2.45, 2.75) is 0 Å². The van der Waals surface area contributed by atoms with Crippen LogP contribution in [-0.4, -0.2) is 62.5 Å². The van der Waals surface area contributed by atoms with Gasteiger partial charge in [-0.25, -0.2) is 9.97 Å². The molecule has 0 saturated heterocycles. The summed E-state index contributed by atoms with van der Waals surface area (Å²) < 4.78 is 10.0. The number of nitrogens with one attached hydrogen (secondary N) is 1. The molecule has 1 aromatic heterocycles. The lowest BCUT2D eigenvalue weighted by atomic mass is 10.3. The monoisotopic (exact) mass is 285 g/mol. The first-order chi connectivity index (χ1) is 9.65. The van der Waals surface area contributed by atoms with Crippen molar-refractivity contribution in [3.63, 3.8) is 0 Å². The quantitative estimate of drug-likeness (QED) is 0.517. The Labute approximate surface area is 117 Å². The van der Waals surface area contributed by atoms with Crippen LogP contribution in [0.4, 0.5) is 17.3 Å². The predicted octanol–water partition coefficient (Wildman–Crippen LogP) is 0.526. The molecular weight excluding hydrogens is 266 g/mol. The first-order valence-electron chi connectivity index (χ1n) is 6.05. The zero-order valence-corrected chi connectivity index (χ0v) is 11.8. The van der Waals surface area contributed by atoms with Crippen molar-refractivity contribution in [3.8, 4) is 0 Å². The lowest BCUT2D eigenvalue weighted by molar-refractivity contribution is -0.383. The van der Waals surface area contributed by atoms with Crippen LogP contribution in [0.1, 0.15) is 0 Å². The molecule has 0 aromatic carbocycles. The zero-order chi connectivity index (χ0) is 15.0. The number of hydrogen-bond acceptors (Lipinski definition) is 8. The van der Waals surface area contributed by atoms with E-state index in [4.69, 9.17) is 9.47 Å². The van der Waals surface area contributed by atoms with Crippen molar-refractivity contribution in [2.24, 2.45) is 0 Å². The molecule has 9 heteroatoms. The molecular formula is C11H19N5O4. The fourth-order valence-corrected chi connectivity index (χ4v) is 1.68. The molecule has 20 heavy (non-hydrogen) atoms. The highest BCUT2D eigenvalue weighted by Crippen LogP contribution is 2.31. The second kappa shape index (κ2) is 8.23. The summed E-state index contributed by atoms with van der Waals surface area (Å²) in [6.45, 7) is 1.81. The lowest BCUT2D eigenvalue weighted by Crippen LogP contribution is -2.32. The lowest BCUT2D eigenvalue weighted by Gasteiger charge is -2.22. The molecule has 112 valence electrons. The molecule has 0 aliphatic heterocycles. The third kappa shape index (κ3) is 4.00. The first kappa shape index (κ1) is 16.1. The Kier molecular flexibility index (Phi) is 6.60. The van der Waals surface area contributed by atoms with E-state index in [1.807, 2.05) is 0 Å². The molecule has 0 saturated carbocycles. The second-order valence-corrected chi connectivity index (χ2v) is 3.87. The number of methoxy groups -OCH3 is 2. The van der Waals surface area contributed by atoms with Crippen LogP contribution in [0.3, 0.4) is 0 Å². The van der Waals surface area contributed by atoms with E-state index in [2.05, 4.69) is 15.3 Å². The summed E-state index contributed by atoms with van der Waals surface area (Å²) in [7, 11) is 4.72. The van der Waals surface area contributed by atoms with Crippen LogP contribution < -0.4 is 10.2 Å². The maximum absolute atomic E-state index is 11.2. The van der Waals surface area contributed by atoms with E-state index in [0.29, 0.717) is 26.3 Å². The fraction of sp³-hybridized carbons (Fsp3) is 0.636. The summed E-state index contributed by atoms with van der Waals surface area (Å²) in [4.78, 5) is 20.4. The Balaban J connectivity index is 3.13.